The topological polar surface area (TPSA) is 75.1 Å². The van der Waals surface area contributed by atoms with E-state index in [-0.39, 0.29) is 0 Å². The van der Waals surface area contributed by atoms with Crippen molar-refractivity contribution in [1.82, 2.24) is 9.97 Å². The molecule has 0 fully saturated rings. The van der Waals surface area contributed by atoms with Crippen LogP contribution >= 0.6 is 0 Å². The number of rotatable bonds is 7. The summed E-state index contributed by atoms with van der Waals surface area (Å²) in [6.45, 7) is 10.5. The van der Waals surface area contributed by atoms with Crippen LogP contribution in [-0.4, -0.2) is 27.6 Å². The Hall–Kier alpha value is -1.65. The maximum atomic E-state index is 11.2. The average Bonchev–Trinajstić information content (AvgIpc) is 2.33. The first-order valence-electron chi connectivity index (χ1n) is 7.11. The molecule has 1 rings (SSSR count). The lowest BCUT2D eigenvalue weighted by Crippen LogP contribution is -2.25. The van der Waals surface area contributed by atoms with Gasteiger partial charge in [0.05, 0.1) is 5.92 Å². The Bertz CT molecular complexity index is 458. The van der Waals surface area contributed by atoms with E-state index >= 15 is 0 Å². The second-order valence-electron chi connectivity index (χ2n) is 5.96. The molecule has 0 aliphatic rings. The molecule has 20 heavy (non-hydrogen) atoms. The van der Waals surface area contributed by atoms with Gasteiger partial charge in [-0.15, -0.1) is 0 Å². The zero-order valence-electron chi connectivity index (χ0n) is 13.0. The molecule has 0 amide bonds. The Morgan fingerprint density at radius 2 is 1.95 bits per heavy atom. The number of aliphatic carboxylic acids is 1. The van der Waals surface area contributed by atoms with Crippen LogP contribution in [0.25, 0.3) is 0 Å². The van der Waals surface area contributed by atoms with Crippen LogP contribution in [0.2, 0.25) is 0 Å². The fraction of sp³-hybridized carbons (Fsp3) is 0.667. The highest BCUT2D eigenvalue weighted by Crippen LogP contribution is 2.16. The first kappa shape index (κ1) is 16.4. The van der Waals surface area contributed by atoms with Crippen LogP contribution in [0, 0.1) is 18.8 Å². The van der Waals surface area contributed by atoms with Crippen LogP contribution in [0.5, 0.6) is 0 Å². The van der Waals surface area contributed by atoms with E-state index in [2.05, 4.69) is 29.1 Å². The first-order chi connectivity index (χ1) is 9.29. The summed E-state index contributed by atoms with van der Waals surface area (Å²) in [5.41, 5.74) is 1.86. The van der Waals surface area contributed by atoms with Crippen LogP contribution in [0.1, 0.15) is 51.4 Å². The van der Waals surface area contributed by atoms with Gasteiger partial charge >= 0.3 is 5.97 Å². The minimum Gasteiger partial charge on any atom is -0.481 e. The van der Waals surface area contributed by atoms with Crippen molar-refractivity contribution in [2.75, 3.05) is 11.9 Å². The number of hydrogen-bond donors (Lipinski definition) is 2. The lowest BCUT2D eigenvalue weighted by molar-refractivity contribution is -0.141. The van der Waals surface area contributed by atoms with Crippen molar-refractivity contribution >= 4 is 11.9 Å². The van der Waals surface area contributed by atoms with Gasteiger partial charge in [-0.1, -0.05) is 27.7 Å². The maximum Gasteiger partial charge on any atom is 0.308 e. The van der Waals surface area contributed by atoms with Crippen molar-refractivity contribution in [1.29, 1.82) is 0 Å². The second-order valence-corrected chi connectivity index (χ2v) is 5.96. The summed E-state index contributed by atoms with van der Waals surface area (Å²) in [6.07, 6.45) is 0.644. The van der Waals surface area contributed by atoms with Gasteiger partial charge in [0.15, 0.2) is 0 Å². The zero-order chi connectivity index (χ0) is 15.3. The minimum absolute atomic E-state index is 0.322. The SMILES string of the molecule is Cc1cc(C(C)C)nc(NCC(CC(C)C)C(=O)O)n1. The summed E-state index contributed by atoms with van der Waals surface area (Å²) in [6, 6.07) is 1.96. The number of carbonyl (C=O) groups is 1. The Morgan fingerprint density at radius 1 is 1.30 bits per heavy atom. The van der Waals surface area contributed by atoms with Gasteiger partial charge in [0.2, 0.25) is 5.95 Å². The summed E-state index contributed by atoms with van der Waals surface area (Å²) in [7, 11) is 0. The fourth-order valence-corrected chi connectivity index (χ4v) is 2.02. The van der Waals surface area contributed by atoms with Gasteiger partial charge in [-0.2, -0.15) is 0 Å². The lowest BCUT2D eigenvalue weighted by Gasteiger charge is -2.16. The fourth-order valence-electron chi connectivity index (χ4n) is 2.02. The predicted molar refractivity (Wildman–Crippen MR) is 79.9 cm³/mol. The van der Waals surface area contributed by atoms with Gasteiger partial charge < -0.3 is 10.4 Å². The highest BCUT2D eigenvalue weighted by molar-refractivity contribution is 5.70. The number of anilines is 1. The van der Waals surface area contributed by atoms with Crippen LogP contribution in [0.15, 0.2) is 6.07 Å². The van der Waals surface area contributed by atoms with E-state index in [4.69, 9.17) is 0 Å². The average molecular weight is 279 g/mol. The number of nitrogens with one attached hydrogen (secondary N) is 1. The largest absolute Gasteiger partial charge is 0.481 e. The second kappa shape index (κ2) is 7.22. The zero-order valence-corrected chi connectivity index (χ0v) is 13.0. The molecule has 1 heterocycles. The molecule has 0 saturated heterocycles. The van der Waals surface area contributed by atoms with Gasteiger partial charge in [0, 0.05) is 17.9 Å². The quantitative estimate of drug-likeness (QED) is 0.802. The Labute approximate surface area is 120 Å². The Morgan fingerprint density at radius 3 is 2.45 bits per heavy atom. The van der Waals surface area contributed by atoms with Crippen molar-refractivity contribution < 1.29 is 9.90 Å². The first-order valence-corrected chi connectivity index (χ1v) is 7.11. The molecule has 112 valence electrons. The Kier molecular flexibility index (Phi) is 5.92. The molecule has 0 aromatic carbocycles. The van der Waals surface area contributed by atoms with Crippen LogP contribution in [0.4, 0.5) is 5.95 Å². The summed E-state index contributed by atoms with van der Waals surface area (Å²) >= 11 is 0. The van der Waals surface area contributed by atoms with Gasteiger partial charge in [-0.25, -0.2) is 9.97 Å². The maximum absolute atomic E-state index is 11.2. The molecule has 0 aliphatic carbocycles. The third-order valence-corrected chi connectivity index (χ3v) is 3.08. The monoisotopic (exact) mass is 279 g/mol. The third kappa shape index (κ3) is 5.15. The van der Waals surface area contributed by atoms with Crippen LogP contribution < -0.4 is 5.32 Å². The highest BCUT2D eigenvalue weighted by atomic mass is 16.4. The van der Waals surface area contributed by atoms with E-state index in [0.717, 1.165) is 11.4 Å². The van der Waals surface area contributed by atoms with Gasteiger partial charge in [-0.05, 0) is 31.2 Å². The van der Waals surface area contributed by atoms with Crippen molar-refractivity contribution in [2.24, 2.45) is 11.8 Å². The predicted octanol–water partition coefficient (Wildman–Crippen LogP) is 3.07. The Balaban J connectivity index is 2.75. The van der Waals surface area contributed by atoms with E-state index in [0.29, 0.717) is 30.7 Å². The van der Waals surface area contributed by atoms with Gasteiger partial charge in [0.1, 0.15) is 0 Å². The molecule has 1 aromatic heterocycles. The third-order valence-electron chi connectivity index (χ3n) is 3.08. The molecule has 1 aromatic rings. The number of aromatic nitrogens is 2. The molecular formula is C15H25N3O2. The molecule has 0 bridgehead atoms. The molecular weight excluding hydrogens is 254 g/mol. The molecule has 0 saturated carbocycles. The summed E-state index contributed by atoms with van der Waals surface area (Å²) in [5.74, 6) is -0.000933. The summed E-state index contributed by atoms with van der Waals surface area (Å²) < 4.78 is 0. The summed E-state index contributed by atoms with van der Waals surface area (Å²) in [4.78, 5) is 20.0. The molecule has 2 N–H and O–H groups in total. The van der Waals surface area contributed by atoms with Crippen molar-refractivity contribution in [2.45, 2.75) is 47.0 Å². The molecule has 1 atom stereocenters. The van der Waals surface area contributed by atoms with Gasteiger partial charge in [-0.3, -0.25) is 4.79 Å². The number of carboxylic acid groups (broad SMARTS) is 1. The van der Waals surface area contributed by atoms with Crippen molar-refractivity contribution in [3.63, 3.8) is 0 Å². The van der Waals surface area contributed by atoms with E-state index in [1.54, 1.807) is 0 Å². The number of hydrogen-bond acceptors (Lipinski definition) is 4. The van der Waals surface area contributed by atoms with E-state index in [9.17, 15) is 9.90 Å². The molecule has 0 aliphatic heterocycles. The summed E-state index contributed by atoms with van der Waals surface area (Å²) in [5, 5.41) is 12.3. The number of carboxylic acids is 1. The van der Waals surface area contributed by atoms with E-state index in [1.807, 2.05) is 26.8 Å². The smallest absolute Gasteiger partial charge is 0.308 e. The highest BCUT2D eigenvalue weighted by Gasteiger charge is 2.19. The van der Waals surface area contributed by atoms with Crippen molar-refractivity contribution in [3.8, 4) is 0 Å². The number of aryl methyl sites for hydroxylation is 1. The minimum atomic E-state index is -0.775. The van der Waals surface area contributed by atoms with E-state index < -0.39 is 11.9 Å². The molecule has 1 unspecified atom stereocenters. The van der Waals surface area contributed by atoms with Crippen LogP contribution in [0.3, 0.4) is 0 Å². The molecule has 0 spiro atoms. The standard InChI is InChI=1S/C15H25N3O2/c1-9(2)6-12(14(19)20)8-16-15-17-11(5)7-13(18-15)10(3)4/h7,9-10,12H,6,8H2,1-5H3,(H,19,20)(H,16,17,18). The normalized spacial score (nSPS) is 12.8. The lowest BCUT2D eigenvalue weighted by atomic mass is 9.97. The molecule has 0 radical (unpaired) electrons. The van der Waals surface area contributed by atoms with E-state index in [1.165, 1.54) is 0 Å². The van der Waals surface area contributed by atoms with Crippen LogP contribution in [-0.2, 0) is 4.79 Å². The molecule has 5 heteroatoms. The molecule has 5 nitrogen and oxygen atoms in total. The number of nitrogens with zero attached hydrogens (tertiary/aromatic N) is 2. The van der Waals surface area contributed by atoms with Crippen molar-refractivity contribution in [3.05, 3.63) is 17.5 Å². The van der Waals surface area contributed by atoms with Gasteiger partial charge in [0.25, 0.3) is 0 Å².